The predicted molar refractivity (Wildman–Crippen MR) is 96.6 cm³/mol. The maximum Gasteiger partial charge on any atom is 0.259 e. The van der Waals surface area contributed by atoms with Gasteiger partial charge in [-0.3, -0.25) is 4.79 Å². The second kappa shape index (κ2) is 6.22. The van der Waals surface area contributed by atoms with E-state index in [4.69, 9.17) is 15.4 Å². The van der Waals surface area contributed by atoms with Crippen LogP contribution < -0.4 is 5.32 Å². The summed E-state index contributed by atoms with van der Waals surface area (Å²) in [6.07, 6.45) is 6.95. The highest BCUT2D eigenvalue weighted by Gasteiger charge is 2.20. The average Bonchev–Trinajstić information content (AvgIpc) is 3.31. The Morgan fingerprint density at radius 2 is 2.12 bits per heavy atom. The maximum atomic E-state index is 12.9. The van der Waals surface area contributed by atoms with Gasteiger partial charge < -0.3 is 14.3 Å². The maximum absolute atomic E-state index is 12.9. The van der Waals surface area contributed by atoms with Crippen LogP contribution in [-0.4, -0.2) is 16.0 Å². The lowest BCUT2D eigenvalue weighted by molar-refractivity contribution is 0.102. The molecule has 6 heteroatoms. The van der Waals surface area contributed by atoms with Gasteiger partial charge in [0.15, 0.2) is 5.76 Å². The third kappa shape index (κ3) is 2.72. The van der Waals surface area contributed by atoms with Gasteiger partial charge in [0, 0.05) is 11.3 Å². The number of benzene rings is 1. The Balaban J connectivity index is 1.80. The van der Waals surface area contributed by atoms with Crippen molar-refractivity contribution in [2.75, 3.05) is 5.32 Å². The number of anilines is 1. The number of nitrogens with zero attached hydrogens (tertiary/aromatic N) is 2. The topological polar surface area (TPSA) is 81.2 Å². The Kier molecular flexibility index (Phi) is 3.75. The molecule has 4 aromatic rings. The molecule has 0 unspecified atom stereocenters. The predicted octanol–water partition coefficient (Wildman–Crippen LogP) is 4.02. The highest BCUT2D eigenvalue weighted by atomic mass is 16.5. The number of rotatable bonds is 3. The van der Waals surface area contributed by atoms with Crippen molar-refractivity contribution in [3.8, 4) is 23.8 Å². The Morgan fingerprint density at radius 3 is 2.88 bits per heavy atom. The first-order valence-electron chi connectivity index (χ1n) is 7.84. The van der Waals surface area contributed by atoms with Crippen LogP contribution in [0.2, 0.25) is 0 Å². The van der Waals surface area contributed by atoms with Gasteiger partial charge >= 0.3 is 0 Å². The summed E-state index contributed by atoms with van der Waals surface area (Å²) in [7, 11) is 0. The SMILES string of the molecule is C#Cc1cccc(NC(=O)c2cc(-c3ccco3)nc3onc(C)c23)c1. The molecule has 0 aliphatic heterocycles. The van der Waals surface area contributed by atoms with Gasteiger partial charge in [-0.15, -0.1) is 6.42 Å². The normalized spacial score (nSPS) is 10.6. The first-order chi connectivity index (χ1) is 12.7. The van der Waals surface area contributed by atoms with Crippen LogP contribution in [0.5, 0.6) is 0 Å². The van der Waals surface area contributed by atoms with E-state index in [1.807, 2.05) is 0 Å². The molecule has 0 bridgehead atoms. The summed E-state index contributed by atoms with van der Waals surface area (Å²) in [5.41, 5.74) is 3.02. The summed E-state index contributed by atoms with van der Waals surface area (Å²) >= 11 is 0. The summed E-state index contributed by atoms with van der Waals surface area (Å²) in [5, 5.41) is 7.33. The number of nitrogens with one attached hydrogen (secondary N) is 1. The van der Waals surface area contributed by atoms with Gasteiger partial charge in [0.2, 0.25) is 0 Å². The number of carbonyl (C=O) groups is 1. The average molecular weight is 343 g/mol. The molecular formula is C20H13N3O3. The standard InChI is InChI=1S/C20H13N3O3/c1-3-13-6-4-7-14(10-13)21-19(24)15-11-16(17-8-5-9-25-17)22-20-18(15)12(2)23-26-20/h1,4-11H,2H3,(H,21,24). The number of carbonyl (C=O) groups excluding carboxylic acids is 1. The molecule has 0 aliphatic rings. The van der Waals surface area contributed by atoms with Gasteiger partial charge in [-0.05, 0) is 43.3 Å². The number of aromatic nitrogens is 2. The number of hydrogen-bond donors (Lipinski definition) is 1. The van der Waals surface area contributed by atoms with Crippen molar-refractivity contribution in [1.29, 1.82) is 0 Å². The zero-order chi connectivity index (χ0) is 18.1. The van der Waals surface area contributed by atoms with Crippen molar-refractivity contribution in [2.24, 2.45) is 0 Å². The fourth-order valence-corrected chi connectivity index (χ4v) is 2.71. The Labute approximate surface area is 148 Å². The van der Waals surface area contributed by atoms with E-state index in [1.165, 1.54) is 6.26 Å². The molecule has 26 heavy (non-hydrogen) atoms. The Morgan fingerprint density at radius 1 is 1.23 bits per heavy atom. The van der Waals surface area contributed by atoms with Crippen LogP contribution >= 0.6 is 0 Å². The number of pyridine rings is 1. The molecule has 0 saturated heterocycles. The molecule has 6 nitrogen and oxygen atoms in total. The molecule has 1 amide bonds. The van der Waals surface area contributed by atoms with E-state index in [-0.39, 0.29) is 11.6 Å². The van der Waals surface area contributed by atoms with Gasteiger partial charge in [0.1, 0.15) is 5.69 Å². The summed E-state index contributed by atoms with van der Waals surface area (Å²) in [5.74, 6) is 2.76. The fraction of sp³-hybridized carbons (Fsp3) is 0.0500. The largest absolute Gasteiger partial charge is 0.463 e. The highest BCUT2D eigenvalue weighted by Crippen LogP contribution is 2.28. The molecule has 3 aromatic heterocycles. The van der Waals surface area contributed by atoms with E-state index < -0.39 is 0 Å². The van der Waals surface area contributed by atoms with E-state index in [1.54, 1.807) is 49.4 Å². The quantitative estimate of drug-likeness (QED) is 0.568. The lowest BCUT2D eigenvalue weighted by Gasteiger charge is -2.08. The monoisotopic (exact) mass is 343 g/mol. The molecule has 0 aliphatic carbocycles. The van der Waals surface area contributed by atoms with Crippen LogP contribution in [0.1, 0.15) is 21.6 Å². The van der Waals surface area contributed by atoms with Crippen molar-refractivity contribution in [2.45, 2.75) is 6.92 Å². The first-order valence-corrected chi connectivity index (χ1v) is 7.84. The van der Waals surface area contributed by atoms with Crippen molar-refractivity contribution in [3.05, 3.63) is 65.5 Å². The summed E-state index contributed by atoms with van der Waals surface area (Å²) in [6, 6.07) is 12.2. The third-order valence-corrected chi connectivity index (χ3v) is 3.92. The van der Waals surface area contributed by atoms with E-state index in [0.717, 1.165) is 0 Å². The number of furan rings is 1. The Bertz CT molecular complexity index is 1150. The lowest BCUT2D eigenvalue weighted by Crippen LogP contribution is -2.13. The summed E-state index contributed by atoms with van der Waals surface area (Å²) in [6.45, 7) is 1.76. The molecule has 0 saturated carbocycles. The minimum absolute atomic E-state index is 0.277. The van der Waals surface area contributed by atoms with Gasteiger partial charge in [0.05, 0.1) is 22.9 Å². The summed E-state index contributed by atoms with van der Waals surface area (Å²) < 4.78 is 10.6. The van der Waals surface area contributed by atoms with Gasteiger partial charge in [-0.1, -0.05) is 17.1 Å². The van der Waals surface area contributed by atoms with E-state index >= 15 is 0 Å². The molecule has 0 radical (unpaired) electrons. The molecule has 4 rings (SSSR count). The van der Waals surface area contributed by atoms with Gasteiger partial charge in [-0.2, -0.15) is 0 Å². The van der Waals surface area contributed by atoms with Crippen LogP contribution in [0.25, 0.3) is 22.6 Å². The smallest absolute Gasteiger partial charge is 0.259 e. The van der Waals surface area contributed by atoms with Gasteiger partial charge in [-0.25, -0.2) is 4.98 Å². The Hall–Kier alpha value is -3.85. The molecule has 1 N–H and O–H groups in total. The zero-order valence-corrected chi connectivity index (χ0v) is 13.8. The van der Waals surface area contributed by atoms with Crippen LogP contribution in [0.3, 0.4) is 0 Å². The van der Waals surface area contributed by atoms with Gasteiger partial charge in [0.25, 0.3) is 11.6 Å². The molecule has 1 aromatic carbocycles. The van der Waals surface area contributed by atoms with Crippen molar-refractivity contribution in [1.82, 2.24) is 10.1 Å². The number of aryl methyl sites for hydroxylation is 1. The van der Waals surface area contributed by atoms with E-state index in [0.29, 0.717) is 39.3 Å². The summed E-state index contributed by atoms with van der Waals surface area (Å²) in [4.78, 5) is 17.3. The zero-order valence-electron chi connectivity index (χ0n) is 13.8. The van der Waals surface area contributed by atoms with Crippen LogP contribution in [0.15, 0.2) is 57.7 Å². The second-order valence-corrected chi connectivity index (χ2v) is 5.66. The number of terminal acetylenes is 1. The van der Waals surface area contributed by atoms with Crippen molar-refractivity contribution < 1.29 is 13.7 Å². The van der Waals surface area contributed by atoms with E-state index in [2.05, 4.69) is 21.4 Å². The van der Waals surface area contributed by atoms with Crippen LogP contribution in [-0.2, 0) is 0 Å². The number of hydrogen-bond acceptors (Lipinski definition) is 5. The lowest BCUT2D eigenvalue weighted by atomic mass is 10.1. The molecule has 3 heterocycles. The van der Waals surface area contributed by atoms with Crippen molar-refractivity contribution in [3.63, 3.8) is 0 Å². The first kappa shape index (κ1) is 15.7. The number of amides is 1. The van der Waals surface area contributed by atoms with E-state index in [9.17, 15) is 4.79 Å². The number of fused-ring (bicyclic) bond motifs is 1. The molecule has 0 atom stereocenters. The minimum atomic E-state index is -0.314. The highest BCUT2D eigenvalue weighted by molar-refractivity contribution is 6.13. The molecular weight excluding hydrogens is 330 g/mol. The second-order valence-electron chi connectivity index (χ2n) is 5.66. The van der Waals surface area contributed by atoms with Crippen molar-refractivity contribution >= 4 is 22.7 Å². The molecule has 0 spiro atoms. The van der Waals surface area contributed by atoms with Crippen LogP contribution in [0, 0.1) is 19.3 Å². The molecule has 126 valence electrons. The minimum Gasteiger partial charge on any atom is -0.463 e. The molecule has 0 fully saturated rings. The van der Waals surface area contributed by atoms with Crippen LogP contribution in [0.4, 0.5) is 5.69 Å². The fourth-order valence-electron chi connectivity index (χ4n) is 2.71. The third-order valence-electron chi connectivity index (χ3n) is 3.92.